The Morgan fingerprint density at radius 3 is 2.60 bits per heavy atom. The number of nitrogens with one attached hydrogen (secondary N) is 1. The van der Waals surface area contributed by atoms with E-state index in [1.165, 1.54) is 18.4 Å². The van der Waals surface area contributed by atoms with Gasteiger partial charge in [-0.05, 0) is 61.1 Å². The Morgan fingerprint density at radius 2 is 1.93 bits per heavy atom. The molecule has 0 radical (unpaired) electrons. The fraction of sp³-hybridized carbons (Fsp3) is 0.609. The van der Waals surface area contributed by atoms with E-state index in [4.69, 9.17) is 4.74 Å². The zero-order chi connectivity index (χ0) is 20.5. The third-order valence-electron chi connectivity index (χ3n) is 6.85. The molecule has 1 saturated heterocycles. The summed E-state index contributed by atoms with van der Waals surface area (Å²) in [6.45, 7) is 5.66. The Kier molecular flexibility index (Phi) is 5.56. The summed E-state index contributed by atoms with van der Waals surface area (Å²) in [5.74, 6) is 2.10. The molecule has 3 aliphatic rings. The zero-order valence-electron chi connectivity index (χ0n) is 17.6. The second kappa shape index (κ2) is 8.47. The number of rotatable bonds is 7. The molecule has 2 saturated carbocycles. The number of ether oxygens (including phenoxy) is 1. The van der Waals surface area contributed by atoms with Crippen LogP contribution in [0, 0.1) is 17.8 Å². The van der Waals surface area contributed by atoms with Gasteiger partial charge in [0.15, 0.2) is 0 Å². The van der Waals surface area contributed by atoms with E-state index in [1.54, 1.807) is 24.3 Å². The van der Waals surface area contributed by atoms with Crippen LogP contribution in [0.2, 0.25) is 0 Å². The predicted octanol–water partition coefficient (Wildman–Crippen LogP) is 2.41. The number of nitrogens with zero attached hydrogens (tertiary/aromatic N) is 4. The van der Waals surface area contributed by atoms with E-state index in [0.717, 1.165) is 50.7 Å². The molecule has 30 heavy (non-hydrogen) atoms. The van der Waals surface area contributed by atoms with Crippen LogP contribution in [0.3, 0.4) is 0 Å². The van der Waals surface area contributed by atoms with Gasteiger partial charge in [-0.15, -0.1) is 0 Å². The van der Waals surface area contributed by atoms with Gasteiger partial charge in [0.1, 0.15) is 12.7 Å². The van der Waals surface area contributed by atoms with Crippen LogP contribution in [-0.4, -0.2) is 57.4 Å². The van der Waals surface area contributed by atoms with E-state index in [2.05, 4.69) is 44.6 Å². The van der Waals surface area contributed by atoms with Crippen LogP contribution in [-0.2, 0) is 16.1 Å². The monoisotopic (exact) mass is 409 g/mol. The molecule has 2 aliphatic carbocycles. The summed E-state index contributed by atoms with van der Waals surface area (Å²) in [4.78, 5) is 18.3. The minimum atomic E-state index is 0.0563. The quantitative estimate of drug-likeness (QED) is 0.760. The smallest absolute Gasteiger partial charge is 0.217 e. The number of hydrogen-bond donors (Lipinski definition) is 1. The second-order valence-corrected chi connectivity index (χ2v) is 9.31. The maximum atomic E-state index is 11.7. The van der Waals surface area contributed by atoms with Crippen LogP contribution in [0.1, 0.15) is 38.2 Å². The number of hydrogen-bond acceptors (Lipinski definition) is 5. The lowest BCUT2D eigenvalue weighted by molar-refractivity contribution is -0.122. The van der Waals surface area contributed by atoms with Crippen molar-refractivity contribution < 1.29 is 9.53 Å². The SMILES string of the molecule is CC(=O)N[C@@H]1C[C@@H]2CN(Cc3ccc(-n4cncn4)cc3)C[C@@H]2C[C@H]1OCC1CC1. The number of amides is 1. The van der Waals surface area contributed by atoms with Crippen molar-refractivity contribution in [2.75, 3.05) is 19.7 Å². The predicted molar refractivity (Wildman–Crippen MR) is 113 cm³/mol. The molecule has 1 aliphatic heterocycles. The molecule has 3 fully saturated rings. The summed E-state index contributed by atoms with van der Waals surface area (Å²) >= 11 is 0. The van der Waals surface area contributed by atoms with Crippen molar-refractivity contribution in [2.24, 2.45) is 17.8 Å². The van der Waals surface area contributed by atoms with Gasteiger partial charge in [0, 0.05) is 33.2 Å². The molecule has 4 atom stereocenters. The summed E-state index contributed by atoms with van der Waals surface area (Å²) in [5.41, 5.74) is 2.35. The average Bonchev–Trinajstić information content (AvgIpc) is 3.23. The first-order chi connectivity index (χ1) is 14.6. The molecule has 1 N–H and O–H groups in total. The molecule has 160 valence electrons. The minimum absolute atomic E-state index is 0.0563. The molecule has 1 amide bonds. The summed E-state index contributed by atoms with van der Waals surface area (Å²) in [6, 6.07) is 8.72. The first-order valence-electron chi connectivity index (χ1n) is 11.2. The van der Waals surface area contributed by atoms with Crippen LogP contribution < -0.4 is 5.32 Å². The Morgan fingerprint density at radius 1 is 1.17 bits per heavy atom. The number of aromatic nitrogens is 3. The van der Waals surface area contributed by atoms with E-state index < -0.39 is 0 Å². The lowest BCUT2D eigenvalue weighted by atomic mass is 9.77. The fourth-order valence-corrected chi connectivity index (χ4v) is 5.13. The number of benzene rings is 1. The Bertz CT molecular complexity index is 849. The molecule has 1 aromatic heterocycles. The van der Waals surface area contributed by atoms with Crippen molar-refractivity contribution >= 4 is 5.91 Å². The van der Waals surface area contributed by atoms with Gasteiger partial charge >= 0.3 is 0 Å². The van der Waals surface area contributed by atoms with E-state index in [9.17, 15) is 4.79 Å². The lowest BCUT2D eigenvalue weighted by Crippen LogP contribution is -2.50. The van der Waals surface area contributed by atoms with Crippen LogP contribution in [0.15, 0.2) is 36.9 Å². The third kappa shape index (κ3) is 4.57. The van der Waals surface area contributed by atoms with Crippen molar-refractivity contribution in [3.05, 3.63) is 42.5 Å². The molecule has 0 bridgehead atoms. The number of carbonyl (C=O) groups is 1. The first-order valence-corrected chi connectivity index (χ1v) is 11.2. The van der Waals surface area contributed by atoms with Crippen molar-refractivity contribution in [2.45, 2.75) is 51.3 Å². The molecule has 2 aromatic rings. The molecule has 7 nitrogen and oxygen atoms in total. The van der Waals surface area contributed by atoms with Crippen molar-refractivity contribution in [3.63, 3.8) is 0 Å². The van der Waals surface area contributed by atoms with Crippen LogP contribution >= 0.6 is 0 Å². The standard InChI is InChI=1S/C23H31N5O2/c1-16(29)26-22-8-19-11-27(12-20(19)9-23(22)30-13-18-2-3-18)10-17-4-6-21(7-5-17)28-15-24-14-25-28/h4-7,14-15,18-20,22-23H,2-3,8-13H2,1H3,(H,26,29)/t19-,20+,22-,23-/m1/s1. The molecule has 0 spiro atoms. The Balaban J connectivity index is 1.20. The largest absolute Gasteiger partial charge is 0.376 e. The van der Waals surface area contributed by atoms with Crippen molar-refractivity contribution in [1.29, 1.82) is 0 Å². The van der Waals surface area contributed by atoms with Crippen LogP contribution in [0.25, 0.3) is 5.69 Å². The fourth-order valence-electron chi connectivity index (χ4n) is 5.13. The number of fused-ring (bicyclic) bond motifs is 1. The van der Waals surface area contributed by atoms with Crippen molar-refractivity contribution in [3.8, 4) is 5.69 Å². The molecule has 0 unspecified atom stereocenters. The van der Waals surface area contributed by atoms with Gasteiger partial charge in [-0.3, -0.25) is 9.69 Å². The van der Waals surface area contributed by atoms with Gasteiger partial charge in [0.05, 0.1) is 17.8 Å². The third-order valence-corrected chi connectivity index (χ3v) is 6.85. The van der Waals surface area contributed by atoms with E-state index in [1.807, 2.05) is 0 Å². The summed E-state index contributed by atoms with van der Waals surface area (Å²) < 4.78 is 8.06. The molecular formula is C23H31N5O2. The topological polar surface area (TPSA) is 72.3 Å². The highest BCUT2D eigenvalue weighted by atomic mass is 16.5. The van der Waals surface area contributed by atoms with E-state index in [-0.39, 0.29) is 18.1 Å². The normalized spacial score (nSPS) is 29.0. The minimum Gasteiger partial charge on any atom is -0.376 e. The van der Waals surface area contributed by atoms with Gasteiger partial charge in [-0.2, -0.15) is 5.10 Å². The van der Waals surface area contributed by atoms with Crippen LogP contribution in [0.4, 0.5) is 0 Å². The number of carbonyl (C=O) groups excluding carboxylic acids is 1. The lowest BCUT2D eigenvalue weighted by Gasteiger charge is -2.38. The second-order valence-electron chi connectivity index (χ2n) is 9.31. The Labute approximate surface area is 177 Å². The van der Waals surface area contributed by atoms with Gasteiger partial charge in [0.2, 0.25) is 5.91 Å². The molecule has 5 rings (SSSR count). The molecular weight excluding hydrogens is 378 g/mol. The summed E-state index contributed by atoms with van der Waals surface area (Å²) in [6.07, 6.45) is 8.12. The number of likely N-dealkylation sites (tertiary alicyclic amines) is 1. The summed E-state index contributed by atoms with van der Waals surface area (Å²) in [7, 11) is 0. The van der Waals surface area contributed by atoms with Crippen LogP contribution in [0.5, 0.6) is 0 Å². The zero-order valence-corrected chi connectivity index (χ0v) is 17.6. The highest BCUT2D eigenvalue weighted by molar-refractivity contribution is 5.73. The highest BCUT2D eigenvalue weighted by Crippen LogP contribution is 2.39. The summed E-state index contributed by atoms with van der Waals surface area (Å²) in [5, 5.41) is 7.36. The maximum Gasteiger partial charge on any atom is 0.217 e. The van der Waals surface area contributed by atoms with Gasteiger partial charge in [0.25, 0.3) is 0 Å². The molecule has 1 aromatic carbocycles. The highest BCUT2D eigenvalue weighted by Gasteiger charge is 2.43. The van der Waals surface area contributed by atoms with Gasteiger partial charge in [-0.1, -0.05) is 12.1 Å². The van der Waals surface area contributed by atoms with E-state index in [0.29, 0.717) is 11.8 Å². The van der Waals surface area contributed by atoms with Gasteiger partial charge in [-0.25, -0.2) is 9.67 Å². The van der Waals surface area contributed by atoms with Gasteiger partial charge < -0.3 is 10.1 Å². The molecule has 7 heteroatoms. The first kappa shape index (κ1) is 19.7. The van der Waals surface area contributed by atoms with Crippen molar-refractivity contribution in [1.82, 2.24) is 25.0 Å². The average molecular weight is 410 g/mol. The Hall–Kier alpha value is -2.25. The maximum absolute atomic E-state index is 11.7. The molecule has 2 heterocycles. The van der Waals surface area contributed by atoms with E-state index >= 15 is 0 Å².